The molecule has 1 aliphatic heterocycles. The summed E-state index contributed by atoms with van der Waals surface area (Å²) in [4.78, 5) is 27.9. The fourth-order valence-electron chi connectivity index (χ4n) is 3.40. The monoisotopic (exact) mass is 465 g/mol. The summed E-state index contributed by atoms with van der Waals surface area (Å²) < 4.78 is 32.1. The molecule has 0 bridgehead atoms. The highest BCUT2D eigenvalue weighted by Gasteiger charge is 2.22. The Bertz CT molecular complexity index is 1020. The first-order chi connectivity index (χ1) is 14.8. The zero-order chi connectivity index (χ0) is 22.4. The van der Waals surface area contributed by atoms with Gasteiger partial charge < -0.3 is 15.0 Å². The van der Waals surface area contributed by atoms with Crippen LogP contribution in [0.15, 0.2) is 40.6 Å². The number of carbonyl (C=O) groups is 2. The first-order valence-corrected chi connectivity index (χ1v) is 12.4. The maximum absolute atomic E-state index is 12.4. The molecule has 2 N–H and O–H groups in total. The van der Waals surface area contributed by atoms with E-state index >= 15 is 0 Å². The second-order valence-corrected chi connectivity index (χ2v) is 10.2. The van der Waals surface area contributed by atoms with Gasteiger partial charge in [0.2, 0.25) is 21.8 Å². The Labute approximate surface area is 186 Å². The molecule has 0 spiro atoms. The van der Waals surface area contributed by atoms with E-state index in [0.717, 1.165) is 6.42 Å². The summed E-state index contributed by atoms with van der Waals surface area (Å²) in [7, 11) is -2.17. The fraction of sp³-hybridized carbons (Fsp3) is 0.429. The molecule has 2 aromatic rings. The van der Waals surface area contributed by atoms with Crippen molar-refractivity contribution in [2.24, 2.45) is 0 Å². The zero-order valence-corrected chi connectivity index (χ0v) is 19.2. The van der Waals surface area contributed by atoms with Crippen molar-refractivity contribution in [2.45, 2.75) is 43.7 Å². The normalized spacial score (nSPS) is 14.7. The molecule has 2 amide bonds. The van der Waals surface area contributed by atoms with Crippen LogP contribution in [-0.2, 0) is 37.3 Å². The van der Waals surface area contributed by atoms with Crippen molar-refractivity contribution in [3.63, 3.8) is 0 Å². The van der Waals surface area contributed by atoms with E-state index in [0.29, 0.717) is 18.8 Å². The summed E-state index contributed by atoms with van der Waals surface area (Å²) in [6, 6.07) is 7.58. The summed E-state index contributed by atoms with van der Waals surface area (Å²) in [5.74, 6) is -0.325. The van der Waals surface area contributed by atoms with Crippen LogP contribution < -0.4 is 10.0 Å². The minimum atomic E-state index is -3.67. The third-order valence-corrected chi connectivity index (χ3v) is 7.58. The van der Waals surface area contributed by atoms with Gasteiger partial charge in [0.05, 0.1) is 11.5 Å². The van der Waals surface area contributed by atoms with E-state index in [1.807, 2.05) is 11.4 Å². The van der Waals surface area contributed by atoms with Crippen molar-refractivity contribution < 1.29 is 22.7 Å². The molecule has 168 valence electrons. The summed E-state index contributed by atoms with van der Waals surface area (Å²) in [5, 5.41) is 4.75. The van der Waals surface area contributed by atoms with Gasteiger partial charge in [-0.1, -0.05) is 0 Å². The summed E-state index contributed by atoms with van der Waals surface area (Å²) in [5.41, 5.74) is 1.66. The highest BCUT2D eigenvalue weighted by atomic mass is 32.2. The average Bonchev–Trinajstić information content (AvgIpc) is 3.20. The quantitative estimate of drug-likeness (QED) is 0.592. The fourth-order valence-corrected chi connectivity index (χ4v) is 5.52. The molecule has 3 rings (SSSR count). The molecule has 1 atom stereocenters. The van der Waals surface area contributed by atoms with E-state index in [-0.39, 0.29) is 42.2 Å². The third kappa shape index (κ3) is 6.36. The third-order valence-electron chi connectivity index (χ3n) is 4.95. The number of thiophene rings is 1. The highest BCUT2D eigenvalue weighted by Crippen LogP contribution is 2.24. The van der Waals surface area contributed by atoms with E-state index < -0.39 is 10.0 Å². The lowest BCUT2D eigenvalue weighted by Gasteiger charge is -2.27. The van der Waals surface area contributed by atoms with Crippen molar-refractivity contribution in [2.75, 3.05) is 25.6 Å². The lowest BCUT2D eigenvalue weighted by molar-refractivity contribution is -0.133. The Kier molecular flexibility index (Phi) is 7.82. The molecule has 0 radical (unpaired) electrons. The predicted octanol–water partition coefficient (Wildman–Crippen LogP) is 2.36. The molecule has 2 heterocycles. The average molecular weight is 466 g/mol. The Balaban J connectivity index is 1.48. The number of fused-ring (bicyclic) bond motifs is 1. The minimum absolute atomic E-state index is 0.0373. The second kappa shape index (κ2) is 10.4. The number of anilines is 1. The predicted molar refractivity (Wildman–Crippen MR) is 119 cm³/mol. The molecule has 0 aliphatic carbocycles. The Morgan fingerprint density at radius 2 is 1.94 bits per heavy atom. The Hall–Kier alpha value is -2.27. The maximum Gasteiger partial charge on any atom is 0.240 e. The van der Waals surface area contributed by atoms with E-state index in [1.54, 1.807) is 23.2 Å². The number of rotatable bonds is 9. The number of amides is 2. The van der Waals surface area contributed by atoms with Crippen molar-refractivity contribution in [3.8, 4) is 0 Å². The standard InChI is InChI=1S/C21H27N3O5S2/c1-15(14-29-2)23-31(27,28)18-5-3-17(4-6-18)22-20(25)7-8-21(26)24-11-9-19-16(13-24)10-12-30-19/h3-6,10,12,15,23H,7-9,11,13-14H2,1-2H3,(H,22,25). The number of benzene rings is 1. The minimum Gasteiger partial charge on any atom is -0.383 e. The van der Waals surface area contributed by atoms with E-state index in [1.165, 1.54) is 41.8 Å². The first-order valence-electron chi connectivity index (χ1n) is 10.0. The molecule has 1 aromatic heterocycles. The van der Waals surface area contributed by atoms with Crippen LogP contribution in [0.2, 0.25) is 0 Å². The molecule has 0 saturated heterocycles. The van der Waals surface area contributed by atoms with Crippen LogP contribution in [0.25, 0.3) is 0 Å². The van der Waals surface area contributed by atoms with Crippen LogP contribution in [0.1, 0.15) is 30.2 Å². The number of hydrogen-bond donors (Lipinski definition) is 2. The van der Waals surface area contributed by atoms with Gasteiger partial charge in [-0.2, -0.15) is 0 Å². The first kappa shape index (κ1) is 23.4. The van der Waals surface area contributed by atoms with Crippen LogP contribution in [-0.4, -0.2) is 51.4 Å². The number of nitrogens with zero attached hydrogens (tertiary/aromatic N) is 1. The molecule has 1 unspecified atom stereocenters. The number of sulfonamides is 1. The molecular formula is C21H27N3O5S2. The summed E-state index contributed by atoms with van der Waals surface area (Å²) in [6.45, 7) is 3.26. The van der Waals surface area contributed by atoms with Crippen molar-refractivity contribution in [1.29, 1.82) is 0 Å². The van der Waals surface area contributed by atoms with Gasteiger partial charge in [-0.05, 0) is 54.6 Å². The van der Waals surface area contributed by atoms with Gasteiger partial charge in [0, 0.05) is 49.6 Å². The van der Waals surface area contributed by atoms with Gasteiger partial charge in [-0.3, -0.25) is 9.59 Å². The maximum atomic E-state index is 12.4. The van der Waals surface area contributed by atoms with Crippen molar-refractivity contribution in [3.05, 3.63) is 46.2 Å². The molecule has 31 heavy (non-hydrogen) atoms. The number of methoxy groups -OCH3 is 1. The summed E-state index contributed by atoms with van der Waals surface area (Å²) >= 11 is 1.72. The SMILES string of the molecule is COCC(C)NS(=O)(=O)c1ccc(NC(=O)CCC(=O)N2CCc3sccc3C2)cc1. The van der Waals surface area contributed by atoms with Gasteiger partial charge in [0.25, 0.3) is 0 Å². The smallest absolute Gasteiger partial charge is 0.240 e. The molecule has 0 saturated carbocycles. The molecule has 8 nitrogen and oxygen atoms in total. The van der Waals surface area contributed by atoms with Crippen molar-refractivity contribution >= 4 is 38.9 Å². The van der Waals surface area contributed by atoms with Crippen LogP contribution in [0.4, 0.5) is 5.69 Å². The molecule has 0 fully saturated rings. The highest BCUT2D eigenvalue weighted by molar-refractivity contribution is 7.89. The number of nitrogens with one attached hydrogen (secondary N) is 2. The van der Waals surface area contributed by atoms with E-state index in [4.69, 9.17) is 4.74 Å². The van der Waals surface area contributed by atoms with Crippen LogP contribution in [0.5, 0.6) is 0 Å². The zero-order valence-electron chi connectivity index (χ0n) is 17.6. The molecule has 1 aromatic carbocycles. The largest absolute Gasteiger partial charge is 0.383 e. The van der Waals surface area contributed by atoms with Gasteiger partial charge in [-0.15, -0.1) is 11.3 Å². The lowest BCUT2D eigenvalue weighted by Crippen LogP contribution is -2.35. The summed E-state index contributed by atoms with van der Waals surface area (Å²) in [6.07, 6.45) is 1.07. The number of carbonyl (C=O) groups excluding carboxylic acids is 2. The topological polar surface area (TPSA) is 105 Å². The van der Waals surface area contributed by atoms with Gasteiger partial charge in [-0.25, -0.2) is 13.1 Å². The Morgan fingerprint density at radius 3 is 2.65 bits per heavy atom. The molecular weight excluding hydrogens is 438 g/mol. The van der Waals surface area contributed by atoms with Gasteiger partial charge in [0.15, 0.2) is 0 Å². The Morgan fingerprint density at radius 1 is 1.19 bits per heavy atom. The second-order valence-electron chi connectivity index (χ2n) is 7.48. The molecule has 10 heteroatoms. The van der Waals surface area contributed by atoms with Crippen LogP contribution in [0.3, 0.4) is 0 Å². The van der Waals surface area contributed by atoms with E-state index in [2.05, 4.69) is 10.0 Å². The van der Waals surface area contributed by atoms with Crippen LogP contribution in [0, 0.1) is 0 Å². The number of hydrogen-bond acceptors (Lipinski definition) is 6. The number of ether oxygens (including phenoxy) is 1. The van der Waals surface area contributed by atoms with Gasteiger partial charge >= 0.3 is 0 Å². The molecule has 1 aliphatic rings. The van der Waals surface area contributed by atoms with Crippen LogP contribution >= 0.6 is 11.3 Å². The van der Waals surface area contributed by atoms with E-state index in [9.17, 15) is 18.0 Å². The lowest BCUT2D eigenvalue weighted by atomic mass is 10.1. The van der Waals surface area contributed by atoms with Crippen molar-refractivity contribution in [1.82, 2.24) is 9.62 Å². The van der Waals surface area contributed by atoms with Gasteiger partial charge in [0.1, 0.15) is 0 Å².